The van der Waals surface area contributed by atoms with Gasteiger partial charge in [0.2, 0.25) is 10.0 Å². The average Bonchev–Trinajstić information content (AvgIpc) is 2.90. The van der Waals surface area contributed by atoms with Gasteiger partial charge in [0.05, 0.1) is 19.3 Å². The van der Waals surface area contributed by atoms with E-state index >= 15 is 0 Å². The van der Waals surface area contributed by atoms with Crippen molar-refractivity contribution in [2.24, 2.45) is 0 Å². The zero-order valence-corrected chi connectivity index (χ0v) is 13.8. The standard InChI is InChI=1S/C13H26N4O3S/c1-4-6-14-7-8-17-10-13(9-15-17)21(18,19)16-12(3)11-20-5-2/h9-10,12,14,16H,4-8,11H2,1-3H3. The SMILES string of the molecule is CCCNCCn1cc(S(=O)(=O)NC(C)COCC)cn1. The van der Waals surface area contributed by atoms with Crippen LogP contribution >= 0.6 is 0 Å². The third kappa shape index (κ3) is 6.56. The molecule has 0 bridgehead atoms. The molecule has 8 heteroatoms. The third-order valence-corrected chi connectivity index (χ3v) is 4.34. The van der Waals surface area contributed by atoms with Crippen molar-refractivity contribution in [3.63, 3.8) is 0 Å². The smallest absolute Gasteiger partial charge is 0.244 e. The molecule has 0 aliphatic heterocycles. The van der Waals surface area contributed by atoms with E-state index in [1.807, 2.05) is 6.92 Å². The molecule has 0 spiro atoms. The van der Waals surface area contributed by atoms with Crippen LogP contribution in [0.4, 0.5) is 0 Å². The van der Waals surface area contributed by atoms with Gasteiger partial charge >= 0.3 is 0 Å². The van der Waals surface area contributed by atoms with Gasteiger partial charge in [-0.2, -0.15) is 5.10 Å². The second-order valence-corrected chi connectivity index (χ2v) is 6.58. The van der Waals surface area contributed by atoms with Crippen molar-refractivity contribution in [3.8, 4) is 0 Å². The van der Waals surface area contributed by atoms with Crippen molar-refractivity contribution in [1.29, 1.82) is 0 Å². The Balaban J connectivity index is 2.53. The molecule has 0 fully saturated rings. The van der Waals surface area contributed by atoms with Crippen molar-refractivity contribution in [1.82, 2.24) is 19.8 Å². The van der Waals surface area contributed by atoms with Gasteiger partial charge in [-0.1, -0.05) is 6.92 Å². The quantitative estimate of drug-likeness (QED) is 0.583. The molecule has 0 saturated carbocycles. The van der Waals surface area contributed by atoms with Gasteiger partial charge in [-0.05, 0) is 26.8 Å². The number of nitrogens with zero attached hydrogens (tertiary/aromatic N) is 2. The van der Waals surface area contributed by atoms with Crippen molar-refractivity contribution in [2.45, 2.75) is 44.7 Å². The topological polar surface area (TPSA) is 85.2 Å². The van der Waals surface area contributed by atoms with Gasteiger partial charge in [0, 0.05) is 25.4 Å². The van der Waals surface area contributed by atoms with Gasteiger partial charge in [0.15, 0.2) is 0 Å². The third-order valence-electron chi connectivity index (χ3n) is 2.79. The molecule has 1 aromatic heterocycles. The highest BCUT2D eigenvalue weighted by Gasteiger charge is 2.19. The number of sulfonamides is 1. The summed E-state index contributed by atoms with van der Waals surface area (Å²) in [6.45, 7) is 9.01. The first kappa shape index (κ1) is 18.1. The molecule has 0 aliphatic rings. The largest absolute Gasteiger partial charge is 0.380 e. The van der Waals surface area contributed by atoms with Gasteiger partial charge in [-0.3, -0.25) is 4.68 Å². The van der Waals surface area contributed by atoms with Crippen LogP contribution in [0, 0.1) is 0 Å². The van der Waals surface area contributed by atoms with E-state index in [-0.39, 0.29) is 10.9 Å². The molecule has 1 aromatic rings. The Bertz CT molecular complexity index is 501. The van der Waals surface area contributed by atoms with Gasteiger partial charge in [0.25, 0.3) is 0 Å². The summed E-state index contributed by atoms with van der Waals surface area (Å²) in [6, 6.07) is -0.274. The maximum atomic E-state index is 12.2. The van der Waals surface area contributed by atoms with Crippen LogP contribution in [-0.2, 0) is 21.3 Å². The van der Waals surface area contributed by atoms with E-state index < -0.39 is 10.0 Å². The molecule has 1 unspecified atom stereocenters. The maximum Gasteiger partial charge on any atom is 0.244 e. The number of rotatable bonds is 11. The van der Waals surface area contributed by atoms with E-state index in [4.69, 9.17) is 4.74 Å². The summed E-state index contributed by atoms with van der Waals surface area (Å²) in [5.41, 5.74) is 0. The lowest BCUT2D eigenvalue weighted by molar-refractivity contribution is 0.133. The Labute approximate surface area is 127 Å². The lowest BCUT2D eigenvalue weighted by Crippen LogP contribution is -2.35. The molecular formula is C13H26N4O3S. The number of hydrogen-bond acceptors (Lipinski definition) is 5. The van der Waals surface area contributed by atoms with E-state index in [0.717, 1.165) is 19.5 Å². The van der Waals surface area contributed by atoms with Gasteiger partial charge in [0.1, 0.15) is 4.90 Å². The van der Waals surface area contributed by atoms with Crippen molar-refractivity contribution in [3.05, 3.63) is 12.4 Å². The predicted octanol–water partition coefficient (Wildman–Crippen LogP) is 0.586. The minimum atomic E-state index is -3.54. The second kappa shape index (κ2) is 9.14. The molecule has 0 amide bonds. The summed E-state index contributed by atoms with van der Waals surface area (Å²) >= 11 is 0. The van der Waals surface area contributed by atoms with Crippen LogP contribution in [0.5, 0.6) is 0 Å². The van der Waals surface area contributed by atoms with Crippen molar-refractivity contribution in [2.75, 3.05) is 26.3 Å². The summed E-state index contributed by atoms with van der Waals surface area (Å²) in [5, 5.41) is 7.32. The first-order chi connectivity index (χ1) is 9.99. The minimum Gasteiger partial charge on any atom is -0.380 e. The summed E-state index contributed by atoms with van der Waals surface area (Å²) < 4.78 is 33.7. The molecule has 0 aromatic carbocycles. The first-order valence-electron chi connectivity index (χ1n) is 7.32. The molecule has 2 N–H and O–H groups in total. The Morgan fingerprint density at radius 1 is 1.38 bits per heavy atom. The van der Waals surface area contributed by atoms with Crippen molar-refractivity contribution >= 4 is 10.0 Å². The molecule has 0 radical (unpaired) electrons. The van der Waals surface area contributed by atoms with Crippen LogP contribution in [-0.4, -0.2) is 50.5 Å². The van der Waals surface area contributed by atoms with Crippen LogP contribution in [0.15, 0.2) is 17.3 Å². The van der Waals surface area contributed by atoms with Crippen molar-refractivity contribution < 1.29 is 13.2 Å². The number of ether oxygens (including phenoxy) is 1. The zero-order chi connectivity index (χ0) is 15.7. The molecule has 0 aliphatic carbocycles. The Hall–Kier alpha value is -0.960. The van der Waals surface area contributed by atoms with E-state index in [2.05, 4.69) is 22.1 Å². The van der Waals surface area contributed by atoms with Crippen LogP contribution < -0.4 is 10.0 Å². The first-order valence-corrected chi connectivity index (χ1v) is 8.81. The normalized spacial score (nSPS) is 13.5. The van der Waals surface area contributed by atoms with E-state index in [9.17, 15) is 8.42 Å². The van der Waals surface area contributed by atoms with Gasteiger partial charge < -0.3 is 10.1 Å². The van der Waals surface area contributed by atoms with Gasteiger partial charge in [-0.25, -0.2) is 13.1 Å². The fourth-order valence-corrected chi connectivity index (χ4v) is 2.94. The Kier molecular flexibility index (Phi) is 7.87. The predicted molar refractivity (Wildman–Crippen MR) is 81.7 cm³/mol. The summed E-state index contributed by atoms with van der Waals surface area (Å²) in [6.07, 6.45) is 3.99. The highest BCUT2D eigenvalue weighted by Crippen LogP contribution is 2.07. The van der Waals surface area contributed by atoms with Crippen LogP contribution in [0.25, 0.3) is 0 Å². The number of hydrogen-bond donors (Lipinski definition) is 2. The van der Waals surface area contributed by atoms with Crippen LogP contribution in [0.2, 0.25) is 0 Å². The molecule has 1 heterocycles. The average molecular weight is 318 g/mol. The summed E-state index contributed by atoms with van der Waals surface area (Å²) in [7, 11) is -3.54. The highest BCUT2D eigenvalue weighted by molar-refractivity contribution is 7.89. The molecule has 7 nitrogen and oxygen atoms in total. The fourth-order valence-electron chi connectivity index (χ4n) is 1.76. The molecule has 1 atom stereocenters. The van der Waals surface area contributed by atoms with Gasteiger partial charge in [-0.15, -0.1) is 0 Å². The number of nitrogens with one attached hydrogen (secondary N) is 2. The maximum absolute atomic E-state index is 12.2. The highest BCUT2D eigenvalue weighted by atomic mass is 32.2. The minimum absolute atomic E-state index is 0.182. The summed E-state index contributed by atoms with van der Waals surface area (Å²) in [4.78, 5) is 0.182. The molecule has 0 saturated heterocycles. The Morgan fingerprint density at radius 3 is 2.81 bits per heavy atom. The Morgan fingerprint density at radius 2 is 2.14 bits per heavy atom. The lowest BCUT2D eigenvalue weighted by Gasteiger charge is -2.12. The number of aromatic nitrogens is 2. The molecule has 21 heavy (non-hydrogen) atoms. The van der Waals surface area contributed by atoms with E-state index in [1.54, 1.807) is 17.8 Å². The monoisotopic (exact) mass is 318 g/mol. The summed E-state index contributed by atoms with van der Waals surface area (Å²) in [5.74, 6) is 0. The lowest BCUT2D eigenvalue weighted by atomic mass is 10.4. The van der Waals surface area contributed by atoms with Crippen LogP contribution in [0.1, 0.15) is 27.2 Å². The van der Waals surface area contributed by atoms with E-state index in [1.165, 1.54) is 6.20 Å². The molecule has 1 rings (SSSR count). The molecular weight excluding hydrogens is 292 g/mol. The second-order valence-electron chi connectivity index (χ2n) is 4.87. The molecule has 122 valence electrons. The fraction of sp³-hybridized carbons (Fsp3) is 0.769. The van der Waals surface area contributed by atoms with E-state index in [0.29, 0.717) is 19.8 Å². The van der Waals surface area contributed by atoms with Crippen LogP contribution in [0.3, 0.4) is 0 Å². The zero-order valence-electron chi connectivity index (χ0n) is 13.0.